The molecule has 0 unspecified atom stereocenters. The third kappa shape index (κ3) is 7.18. The minimum Gasteiger partial charge on any atom is -0.396 e. The highest BCUT2D eigenvalue weighted by atomic mass is 32.2. The van der Waals surface area contributed by atoms with Crippen molar-refractivity contribution < 1.29 is 9.90 Å². The summed E-state index contributed by atoms with van der Waals surface area (Å²) in [6.45, 7) is 6.27. The predicted molar refractivity (Wildman–Crippen MR) is 80.2 cm³/mol. The predicted octanol–water partition coefficient (Wildman–Crippen LogP) is 2.68. The van der Waals surface area contributed by atoms with Crippen molar-refractivity contribution in [3.63, 3.8) is 0 Å². The molecule has 1 aromatic heterocycles. The summed E-state index contributed by atoms with van der Waals surface area (Å²) in [5.41, 5.74) is 1.07. The number of amides is 1. The van der Waals surface area contributed by atoms with E-state index >= 15 is 0 Å². The molecule has 1 amide bonds. The highest BCUT2D eigenvalue weighted by molar-refractivity contribution is 7.98. The van der Waals surface area contributed by atoms with Crippen LogP contribution in [0.5, 0.6) is 0 Å². The van der Waals surface area contributed by atoms with Gasteiger partial charge >= 0.3 is 0 Å². The van der Waals surface area contributed by atoms with Crippen molar-refractivity contribution in [3.8, 4) is 0 Å². The number of hydrogen-bond acceptors (Lipinski definition) is 4. The van der Waals surface area contributed by atoms with Crippen LogP contribution in [0, 0.1) is 5.41 Å². The van der Waals surface area contributed by atoms with Crippen LogP contribution in [0.15, 0.2) is 18.3 Å². The number of thioether (sulfide) groups is 1. The fourth-order valence-corrected chi connectivity index (χ4v) is 2.24. The van der Waals surface area contributed by atoms with Gasteiger partial charge in [-0.2, -0.15) is 11.8 Å². The van der Waals surface area contributed by atoms with Crippen LogP contribution in [0.4, 0.5) is 5.82 Å². The van der Waals surface area contributed by atoms with Crippen LogP contribution >= 0.6 is 11.8 Å². The Kier molecular flexibility index (Phi) is 6.31. The van der Waals surface area contributed by atoms with Crippen molar-refractivity contribution in [1.82, 2.24) is 4.98 Å². The van der Waals surface area contributed by atoms with Crippen LogP contribution in [0.2, 0.25) is 0 Å². The number of aliphatic hydroxyl groups is 1. The second-order valence-electron chi connectivity index (χ2n) is 5.61. The molecule has 106 valence electrons. The first-order chi connectivity index (χ1) is 8.90. The molecule has 0 fully saturated rings. The van der Waals surface area contributed by atoms with Crippen molar-refractivity contribution >= 4 is 23.5 Å². The minimum atomic E-state index is -0.0291. The van der Waals surface area contributed by atoms with E-state index in [9.17, 15) is 4.79 Å². The van der Waals surface area contributed by atoms with Crippen molar-refractivity contribution in [3.05, 3.63) is 23.9 Å². The van der Waals surface area contributed by atoms with Gasteiger partial charge in [0.25, 0.3) is 0 Å². The van der Waals surface area contributed by atoms with Crippen LogP contribution in [0.3, 0.4) is 0 Å². The number of rotatable bonds is 6. The van der Waals surface area contributed by atoms with Gasteiger partial charge in [-0.25, -0.2) is 4.98 Å². The summed E-state index contributed by atoms with van der Waals surface area (Å²) in [5.74, 6) is 2.11. The summed E-state index contributed by atoms with van der Waals surface area (Å²) in [4.78, 5) is 16.0. The smallest absolute Gasteiger partial charge is 0.226 e. The van der Waals surface area contributed by atoms with Gasteiger partial charge in [0.05, 0.1) is 6.61 Å². The van der Waals surface area contributed by atoms with Gasteiger partial charge < -0.3 is 10.4 Å². The number of hydrogen-bond donors (Lipinski definition) is 2. The molecule has 2 N–H and O–H groups in total. The SMILES string of the molecule is CC(C)(C)CC(=O)Nc1cc(CSCCO)ccn1. The summed E-state index contributed by atoms with van der Waals surface area (Å²) in [7, 11) is 0. The first kappa shape index (κ1) is 16.0. The van der Waals surface area contributed by atoms with Crippen LogP contribution < -0.4 is 5.32 Å². The second-order valence-corrected chi connectivity index (χ2v) is 6.72. The van der Waals surface area contributed by atoms with E-state index in [2.05, 4.69) is 10.3 Å². The molecule has 0 atom stereocenters. The van der Waals surface area contributed by atoms with Crippen LogP contribution in [0.1, 0.15) is 32.8 Å². The molecule has 1 aromatic rings. The van der Waals surface area contributed by atoms with E-state index in [1.165, 1.54) is 0 Å². The van der Waals surface area contributed by atoms with Crippen molar-refractivity contribution in [1.29, 1.82) is 0 Å². The quantitative estimate of drug-likeness (QED) is 0.787. The largest absolute Gasteiger partial charge is 0.396 e. The second kappa shape index (κ2) is 7.50. The molecule has 0 aliphatic carbocycles. The van der Waals surface area contributed by atoms with E-state index in [0.29, 0.717) is 18.0 Å². The molecule has 0 aliphatic heterocycles. The molecule has 19 heavy (non-hydrogen) atoms. The van der Waals surface area contributed by atoms with Crippen LogP contribution in [-0.2, 0) is 10.5 Å². The fourth-order valence-electron chi connectivity index (χ4n) is 1.56. The summed E-state index contributed by atoms with van der Waals surface area (Å²) < 4.78 is 0. The van der Waals surface area contributed by atoms with Gasteiger partial charge in [0.1, 0.15) is 5.82 Å². The molecule has 4 nitrogen and oxygen atoms in total. The molecule has 0 saturated heterocycles. The van der Waals surface area contributed by atoms with Crippen LogP contribution in [0.25, 0.3) is 0 Å². The van der Waals surface area contributed by atoms with Gasteiger partial charge in [0.2, 0.25) is 5.91 Å². The maximum absolute atomic E-state index is 11.8. The average Bonchev–Trinajstić information content (AvgIpc) is 2.27. The molecule has 0 spiro atoms. The topological polar surface area (TPSA) is 62.2 Å². The lowest BCUT2D eigenvalue weighted by molar-refractivity contribution is -0.117. The third-order valence-corrected chi connectivity index (χ3v) is 3.30. The minimum absolute atomic E-state index is 0.0137. The molecule has 0 radical (unpaired) electrons. The Morgan fingerprint density at radius 2 is 2.21 bits per heavy atom. The average molecular weight is 282 g/mol. The normalized spacial score (nSPS) is 11.4. The molecule has 0 bridgehead atoms. The first-order valence-corrected chi connectivity index (χ1v) is 7.49. The van der Waals surface area contributed by atoms with Gasteiger partial charge in [0, 0.05) is 24.1 Å². The Labute approximate surface area is 119 Å². The third-order valence-electron chi connectivity index (χ3n) is 2.29. The maximum atomic E-state index is 11.8. The van der Waals surface area contributed by atoms with Crippen LogP contribution in [-0.4, -0.2) is 28.4 Å². The zero-order valence-corrected chi connectivity index (χ0v) is 12.6. The summed E-state index contributed by atoms with van der Waals surface area (Å²) in [5, 5.41) is 11.6. The Morgan fingerprint density at radius 1 is 1.47 bits per heavy atom. The molecule has 5 heteroatoms. The van der Waals surface area contributed by atoms with Crippen molar-refractivity contribution in [2.45, 2.75) is 32.9 Å². The lowest BCUT2D eigenvalue weighted by Crippen LogP contribution is -2.20. The zero-order valence-electron chi connectivity index (χ0n) is 11.8. The number of aromatic nitrogens is 1. The number of anilines is 1. The standard InChI is InChI=1S/C14H22N2O2S/c1-14(2,3)9-13(18)16-12-8-11(4-5-15-12)10-19-7-6-17/h4-5,8,17H,6-7,9-10H2,1-3H3,(H,15,16,18). The molecule has 0 saturated carbocycles. The number of pyridine rings is 1. The molecule has 0 aromatic carbocycles. The lowest BCUT2D eigenvalue weighted by atomic mass is 9.92. The molecular formula is C14H22N2O2S. The highest BCUT2D eigenvalue weighted by Gasteiger charge is 2.16. The Morgan fingerprint density at radius 3 is 2.84 bits per heavy atom. The molecule has 1 heterocycles. The molecule has 0 aliphatic rings. The zero-order chi connectivity index (χ0) is 14.3. The Bertz CT molecular complexity index is 416. The van der Waals surface area contributed by atoms with E-state index in [1.54, 1.807) is 18.0 Å². The fraction of sp³-hybridized carbons (Fsp3) is 0.571. The van der Waals surface area contributed by atoms with Gasteiger partial charge in [0.15, 0.2) is 0 Å². The number of nitrogens with zero attached hydrogens (tertiary/aromatic N) is 1. The summed E-state index contributed by atoms with van der Waals surface area (Å²) in [6, 6.07) is 3.80. The summed E-state index contributed by atoms with van der Waals surface area (Å²) >= 11 is 1.65. The lowest BCUT2D eigenvalue weighted by Gasteiger charge is -2.17. The number of carbonyl (C=O) groups is 1. The number of aliphatic hydroxyl groups excluding tert-OH is 1. The van der Waals surface area contributed by atoms with Gasteiger partial charge in [-0.05, 0) is 23.1 Å². The van der Waals surface area contributed by atoms with Gasteiger partial charge in [-0.3, -0.25) is 4.79 Å². The Balaban J connectivity index is 2.54. The van der Waals surface area contributed by atoms with E-state index in [4.69, 9.17) is 5.11 Å². The number of nitrogens with one attached hydrogen (secondary N) is 1. The maximum Gasteiger partial charge on any atom is 0.226 e. The van der Waals surface area contributed by atoms with E-state index < -0.39 is 0 Å². The monoisotopic (exact) mass is 282 g/mol. The number of carbonyl (C=O) groups excluding carboxylic acids is 1. The Hall–Kier alpha value is -1.07. The van der Waals surface area contributed by atoms with Gasteiger partial charge in [-0.15, -0.1) is 0 Å². The molecular weight excluding hydrogens is 260 g/mol. The summed E-state index contributed by atoms with van der Waals surface area (Å²) in [6.07, 6.45) is 2.17. The highest BCUT2D eigenvalue weighted by Crippen LogP contribution is 2.20. The van der Waals surface area contributed by atoms with E-state index in [0.717, 1.165) is 11.3 Å². The van der Waals surface area contributed by atoms with Gasteiger partial charge in [-0.1, -0.05) is 20.8 Å². The van der Waals surface area contributed by atoms with Crippen molar-refractivity contribution in [2.75, 3.05) is 17.7 Å². The molecule has 1 rings (SSSR count). The van der Waals surface area contributed by atoms with Crippen molar-refractivity contribution in [2.24, 2.45) is 5.41 Å². The van der Waals surface area contributed by atoms with E-state index in [1.807, 2.05) is 32.9 Å². The first-order valence-electron chi connectivity index (χ1n) is 6.34. The van der Waals surface area contributed by atoms with E-state index in [-0.39, 0.29) is 17.9 Å².